The normalized spacial score (nSPS) is 10.6. The molecule has 0 saturated carbocycles. The average Bonchev–Trinajstić information content (AvgIpc) is 2.68. The van der Waals surface area contributed by atoms with E-state index >= 15 is 0 Å². The van der Waals surface area contributed by atoms with Gasteiger partial charge in [-0.1, -0.05) is 0 Å². The number of aromatic hydroxyl groups is 1. The second-order valence-corrected chi connectivity index (χ2v) is 3.63. The van der Waals surface area contributed by atoms with Crippen molar-refractivity contribution in [2.45, 2.75) is 0 Å². The number of phenols is 1. The van der Waals surface area contributed by atoms with Gasteiger partial charge < -0.3 is 10.2 Å². The largest absolute Gasteiger partial charge is 0.503 e. The average molecular weight is 254 g/mol. The summed E-state index contributed by atoms with van der Waals surface area (Å²) in [5, 5.41) is 21.4. The first-order chi connectivity index (χ1) is 8.40. The fourth-order valence-electron chi connectivity index (χ4n) is 1.56. The van der Waals surface area contributed by atoms with Crippen LogP contribution in [0.3, 0.4) is 0 Å². The number of carboxylic acids is 1. The van der Waals surface area contributed by atoms with E-state index < -0.39 is 23.4 Å². The van der Waals surface area contributed by atoms with Gasteiger partial charge in [-0.15, -0.1) is 0 Å². The fraction of sp³-hybridized carbons (Fsp3) is 0.0909. The third-order valence-electron chi connectivity index (χ3n) is 2.41. The van der Waals surface area contributed by atoms with E-state index in [1.807, 2.05) is 0 Å². The Labute approximate surface area is 99.9 Å². The van der Waals surface area contributed by atoms with E-state index in [0.29, 0.717) is 0 Å². The lowest BCUT2D eigenvalue weighted by molar-refractivity contribution is 0.0689. The van der Waals surface area contributed by atoms with Crippen molar-refractivity contribution in [3.05, 3.63) is 35.5 Å². The van der Waals surface area contributed by atoms with Gasteiger partial charge in [0.2, 0.25) is 0 Å². The number of aromatic carboxylic acids is 1. The number of halogens is 2. The minimum absolute atomic E-state index is 0.0882. The van der Waals surface area contributed by atoms with Crippen molar-refractivity contribution in [3.63, 3.8) is 0 Å². The van der Waals surface area contributed by atoms with E-state index in [2.05, 4.69) is 5.10 Å². The Morgan fingerprint density at radius 1 is 1.28 bits per heavy atom. The van der Waals surface area contributed by atoms with Gasteiger partial charge in [0.05, 0.1) is 5.69 Å². The highest BCUT2D eigenvalue weighted by Crippen LogP contribution is 2.28. The number of benzene rings is 1. The van der Waals surface area contributed by atoms with Crippen LogP contribution in [0.1, 0.15) is 10.5 Å². The van der Waals surface area contributed by atoms with Crippen molar-refractivity contribution in [2.24, 2.45) is 7.05 Å². The summed E-state index contributed by atoms with van der Waals surface area (Å²) in [5.41, 5.74) is 0.0805. The summed E-state index contributed by atoms with van der Waals surface area (Å²) < 4.78 is 27.6. The van der Waals surface area contributed by atoms with E-state index in [4.69, 9.17) is 10.2 Å². The second kappa shape index (κ2) is 4.10. The molecule has 0 aliphatic rings. The van der Waals surface area contributed by atoms with Gasteiger partial charge in [-0.05, 0) is 18.2 Å². The van der Waals surface area contributed by atoms with Crippen LogP contribution in [0.25, 0.3) is 11.3 Å². The van der Waals surface area contributed by atoms with E-state index in [1.165, 1.54) is 17.8 Å². The third kappa shape index (κ3) is 1.90. The zero-order valence-electron chi connectivity index (χ0n) is 9.19. The summed E-state index contributed by atoms with van der Waals surface area (Å²) in [7, 11) is 1.45. The van der Waals surface area contributed by atoms with Crippen LogP contribution in [0, 0.1) is 11.6 Å². The molecular formula is C11H8F2N2O3. The van der Waals surface area contributed by atoms with Gasteiger partial charge in [0, 0.05) is 12.6 Å². The topological polar surface area (TPSA) is 75.4 Å². The van der Waals surface area contributed by atoms with Gasteiger partial charge in [-0.3, -0.25) is 4.68 Å². The predicted octanol–water partition coefficient (Wildman–Crippen LogP) is 1.77. The van der Waals surface area contributed by atoms with Gasteiger partial charge in [0.15, 0.2) is 23.1 Å². The molecule has 2 N–H and O–H groups in total. The van der Waals surface area contributed by atoms with Crippen molar-refractivity contribution >= 4 is 5.97 Å². The van der Waals surface area contributed by atoms with Gasteiger partial charge in [0.25, 0.3) is 0 Å². The molecule has 0 aliphatic carbocycles. The van der Waals surface area contributed by atoms with Crippen molar-refractivity contribution < 1.29 is 23.8 Å². The molecule has 1 heterocycles. The number of rotatable bonds is 2. The van der Waals surface area contributed by atoms with Gasteiger partial charge >= 0.3 is 5.97 Å². The third-order valence-corrected chi connectivity index (χ3v) is 2.41. The maximum Gasteiger partial charge on any atom is 0.356 e. The SMILES string of the molecule is Cn1nc(C(=O)O)cc1-c1cc(F)c(O)c(F)c1. The molecule has 0 saturated heterocycles. The number of hydrogen-bond donors (Lipinski definition) is 2. The Morgan fingerprint density at radius 2 is 1.83 bits per heavy atom. The minimum atomic E-state index is -1.24. The molecule has 1 aromatic carbocycles. The van der Waals surface area contributed by atoms with Crippen LogP contribution in [0.5, 0.6) is 5.75 Å². The summed E-state index contributed by atoms with van der Waals surface area (Å²) in [6.07, 6.45) is 0. The van der Waals surface area contributed by atoms with Crippen molar-refractivity contribution in [1.82, 2.24) is 9.78 Å². The smallest absolute Gasteiger partial charge is 0.356 e. The minimum Gasteiger partial charge on any atom is -0.503 e. The van der Waals surface area contributed by atoms with Crippen LogP contribution >= 0.6 is 0 Å². The number of carbonyl (C=O) groups is 1. The Kier molecular flexibility index (Phi) is 2.74. The summed E-state index contributed by atoms with van der Waals surface area (Å²) in [4.78, 5) is 10.7. The highest BCUT2D eigenvalue weighted by Gasteiger charge is 2.16. The van der Waals surface area contributed by atoms with Crippen LogP contribution in [0.2, 0.25) is 0 Å². The number of aryl methyl sites for hydroxylation is 1. The van der Waals surface area contributed by atoms with Crippen LogP contribution in [-0.2, 0) is 7.05 Å². The highest BCUT2D eigenvalue weighted by atomic mass is 19.1. The number of hydrogen-bond acceptors (Lipinski definition) is 3. The first-order valence-electron chi connectivity index (χ1n) is 4.86. The molecule has 2 rings (SSSR count). The predicted molar refractivity (Wildman–Crippen MR) is 57.2 cm³/mol. The number of phenolic OH excluding ortho intramolecular Hbond substituents is 1. The molecule has 0 atom stereocenters. The standard InChI is InChI=1S/C11H8F2N2O3/c1-15-9(4-8(14-15)11(17)18)5-2-6(12)10(16)7(13)3-5/h2-4,16H,1H3,(H,17,18). The lowest BCUT2D eigenvalue weighted by atomic mass is 10.1. The van der Waals surface area contributed by atoms with E-state index in [1.54, 1.807) is 0 Å². The van der Waals surface area contributed by atoms with Gasteiger partial charge in [-0.2, -0.15) is 5.10 Å². The van der Waals surface area contributed by atoms with Crippen molar-refractivity contribution in [1.29, 1.82) is 0 Å². The zero-order chi connectivity index (χ0) is 13.4. The Morgan fingerprint density at radius 3 is 2.28 bits per heavy atom. The molecule has 0 fully saturated rings. The number of nitrogens with zero attached hydrogens (tertiary/aromatic N) is 2. The van der Waals surface area contributed by atoms with Crippen molar-refractivity contribution in [3.8, 4) is 17.0 Å². The first-order valence-corrected chi connectivity index (χ1v) is 4.86. The summed E-state index contributed by atoms with van der Waals surface area (Å²) in [6, 6.07) is 3.00. The molecule has 18 heavy (non-hydrogen) atoms. The molecule has 5 nitrogen and oxygen atoms in total. The molecule has 0 spiro atoms. The monoisotopic (exact) mass is 254 g/mol. The molecule has 0 bridgehead atoms. The molecule has 0 unspecified atom stereocenters. The van der Waals surface area contributed by atoms with E-state index in [-0.39, 0.29) is 17.0 Å². The fourth-order valence-corrected chi connectivity index (χ4v) is 1.56. The molecular weight excluding hydrogens is 246 g/mol. The maximum absolute atomic E-state index is 13.2. The van der Waals surface area contributed by atoms with Crippen molar-refractivity contribution in [2.75, 3.05) is 0 Å². The van der Waals surface area contributed by atoms with Gasteiger partial charge in [-0.25, -0.2) is 13.6 Å². The Balaban J connectivity index is 2.58. The summed E-state index contributed by atoms with van der Waals surface area (Å²) >= 11 is 0. The second-order valence-electron chi connectivity index (χ2n) is 3.63. The van der Waals surface area contributed by atoms with Crippen LogP contribution in [0.15, 0.2) is 18.2 Å². The molecule has 0 radical (unpaired) electrons. The Bertz CT molecular complexity index is 614. The maximum atomic E-state index is 13.2. The quantitative estimate of drug-likeness (QED) is 0.856. The van der Waals surface area contributed by atoms with E-state index in [0.717, 1.165) is 12.1 Å². The lowest BCUT2D eigenvalue weighted by Crippen LogP contribution is -1.99. The zero-order valence-corrected chi connectivity index (χ0v) is 9.19. The highest BCUT2D eigenvalue weighted by molar-refractivity contribution is 5.87. The van der Waals surface area contributed by atoms with Gasteiger partial charge in [0.1, 0.15) is 0 Å². The van der Waals surface area contributed by atoms with Crippen LogP contribution in [-0.4, -0.2) is 26.0 Å². The van der Waals surface area contributed by atoms with Crippen LogP contribution in [0.4, 0.5) is 8.78 Å². The number of carboxylic acid groups (broad SMARTS) is 1. The molecule has 1 aromatic heterocycles. The van der Waals surface area contributed by atoms with E-state index in [9.17, 15) is 13.6 Å². The molecule has 94 valence electrons. The molecule has 2 aromatic rings. The molecule has 7 heteroatoms. The first kappa shape index (κ1) is 12.0. The Hall–Kier alpha value is -2.44. The molecule has 0 amide bonds. The molecule has 0 aliphatic heterocycles. The summed E-state index contributed by atoms with van der Waals surface area (Å²) in [6.45, 7) is 0. The van der Waals surface area contributed by atoms with Crippen LogP contribution < -0.4 is 0 Å². The summed E-state index contributed by atoms with van der Waals surface area (Å²) in [5.74, 6) is -4.55. The lowest BCUT2D eigenvalue weighted by Gasteiger charge is -2.04. The number of aromatic nitrogens is 2.